The number of piperazine rings is 1. The fourth-order valence-corrected chi connectivity index (χ4v) is 2.35. The maximum Gasteiger partial charge on any atom is 0.277 e. The van der Waals surface area contributed by atoms with Crippen molar-refractivity contribution in [2.45, 2.75) is 13.0 Å². The number of nitro benzene ring substituents is 1. The third-order valence-electron chi connectivity index (χ3n) is 3.32. The summed E-state index contributed by atoms with van der Waals surface area (Å²) in [5.41, 5.74) is 1.80. The zero-order valence-corrected chi connectivity index (χ0v) is 10.1. The average Bonchev–Trinajstić information content (AvgIpc) is 2.28. The highest BCUT2D eigenvalue weighted by Crippen LogP contribution is 2.31. The van der Waals surface area contributed by atoms with Crippen LogP contribution >= 0.6 is 0 Å². The van der Waals surface area contributed by atoms with E-state index < -0.39 is 0 Å². The Morgan fingerprint density at radius 3 is 2.94 bits per heavy atom. The number of rotatable bonds is 2. The molecule has 0 amide bonds. The van der Waals surface area contributed by atoms with Gasteiger partial charge in [0.1, 0.15) is 0 Å². The predicted octanol–water partition coefficient (Wildman–Crippen LogP) is 1.48. The molecular formula is C12H17N3O2. The highest BCUT2D eigenvalue weighted by Gasteiger charge is 2.28. The van der Waals surface area contributed by atoms with Gasteiger partial charge < -0.3 is 5.32 Å². The van der Waals surface area contributed by atoms with Crippen LogP contribution in [0.3, 0.4) is 0 Å². The van der Waals surface area contributed by atoms with Gasteiger partial charge in [0.2, 0.25) is 0 Å². The van der Waals surface area contributed by atoms with Crippen molar-refractivity contribution >= 4 is 5.69 Å². The van der Waals surface area contributed by atoms with Gasteiger partial charge in [0, 0.05) is 30.8 Å². The van der Waals surface area contributed by atoms with Crippen molar-refractivity contribution in [3.05, 3.63) is 39.4 Å². The Morgan fingerprint density at radius 2 is 2.29 bits per heavy atom. The van der Waals surface area contributed by atoms with Crippen LogP contribution in [0, 0.1) is 17.0 Å². The highest BCUT2D eigenvalue weighted by atomic mass is 16.6. The van der Waals surface area contributed by atoms with Crippen LogP contribution in [0.4, 0.5) is 5.69 Å². The molecule has 1 aromatic carbocycles. The molecule has 1 unspecified atom stereocenters. The Labute approximate surface area is 101 Å². The van der Waals surface area contributed by atoms with Gasteiger partial charge in [-0.2, -0.15) is 0 Å². The maximum atomic E-state index is 11.2. The van der Waals surface area contributed by atoms with Crippen LogP contribution in [0.2, 0.25) is 0 Å². The van der Waals surface area contributed by atoms with Gasteiger partial charge in [-0.15, -0.1) is 0 Å². The summed E-state index contributed by atoms with van der Waals surface area (Å²) in [7, 11) is 2.01. The van der Waals surface area contributed by atoms with Gasteiger partial charge in [-0.3, -0.25) is 15.0 Å². The normalized spacial score (nSPS) is 21.4. The summed E-state index contributed by atoms with van der Waals surface area (Å²) >= 11 is 0. The van der Waals surface area contributed by atoms with Gasteiger partial charge in [-0.1, -0.05) is 18.2 Å². The van der Waals surface area contributed by atoms with Crippen LogP contribution in [0.25, 0.3) is 0 Å². The number of nitrogens with one attached hydrogen (secondary N) is 1. The minimum absolute atomic E-state index is 0.0871. The van der Waals surface area contributed by atoms with E-state index in [2.05, 4.69) is 10.2 Å². The minimum atomic E-state index is -0.271. The van der Waals surface area contributed by atoms with Crippen molar-refractivity contribution in [2.75, 3.05) is 26.7 Å². The molecule has 5 heteroatoms. The topological polar surface area (TPSA) is 58.4 Å². The summed E-state index contributed by atoms with van der Waals surface area (Å²) in [6.45, 7) is 4.40. The van der Waals surface area contributed by atoms with E-state index >= 15 is 0 Å². The third kappa shape index (κ3) is 2.30. The molecule has 1 aromatic rings. The molecule has 0 bridgehead atoms. The van der Waals surface area contributed by atoms with Crippen LogP contribution in [-0.2, 0) is 0 Å². The molecule has 0 aliphatic carbocycles. The van der Waals surface area contributed by atoms with Crippen molar-refractivity contribution in [1.29, 1.82) is 0 Å². The fourth-order valence-electron chi connectivity index (χ4n) is 2.35. The lowest BCUT2D eigenvalue weighted by atomic mass is 9.99. The molecule has 1 atom stereocenters. The van der Waals surface area contributed by atoms with E-state index in [0.29, 0.717) is 0 Å². The van der Waals surface area contributed by atoms with Crippen molar-refractivity contribution < 1.29 is 4.92 Å². The summed E-state index contributed by atoms with van der Waals surface area (Å²) in [5, 5.41) is 14.4. The van der Waals surface area contributed by atoms with Gasteiger partial charge in [0.15, 0.2) is 0 Å². The van der Waals surface area contributed by atoms with Crippen molar-refractivity contribution in [3.63, 3.8) is 0 Å². The fraction of sp³-hybridized carbons (Fsp3) is 0.500. The molecular weight excluding hydrogens is 218 g/mol. The lowest BCUT2D eigenvalue weighted by Gasteiger charge is -2.33. The molecule has 1 heterocycles. The third-order valence-corrected chi connectivity index (χ3v) is 3.32. The number of likely N-dealkylation sites (N-methyl/N-ethyl adjacent to an activating group) is 1. The Balaban J connectivity index is 2.43. The number of para-hydroxylation sites is 1. The molecule has 1 saturated heterocycles. The molecule has 0 aromatic heterocycles. The Kier molecular flexibility index (Phi) is 3.40. The lowest BCUT2D eigenvalue weighted by molar-refractivity contribution is -0.386. The Bertz CT molecular complexity index is 434. The molecule has 1 fully saturated rings. The molecule has 1 N–H and O–H groups in total. The van der Waals surface area contributed by atoms with Gasteiger partial charge in [0.05, 0.1) is 11.0 Å². The number of nitrogens with zero attached hydrogens (tertiary/aromatic N) is 2. The van der Waals surface area contributed by atoms with Gasteiger partial charge in [-0.25, -0.2) is 0 Å². The van der Waals surface area contributed by atoms with E-state index in [1.807, 2.05) is 19.2 Å². The lowest BCUT2D eigenvalue weighted by Crippen LogP contribution is -2.44. The summed E-state index contributed by atoms with van der Waals surface area (Å²) in [6, 6.07) is 5.63. The first-order valence-corrected chi connectivity index (χ1v) is 5.76. The summed E-state index contributed by atoms with van der Waals surface area (Å²) in [4.78, 5) is 13.1. The molecule has 0 radical (unpaired) electrons. The minimum Gasteiger partial charge on any atom is -0.314 e. The molecule has 0 saturated carbocycles. The Morgan fingerprint density at radius 1 is 1.53 bits per heavy atom. The number of hydrogen-bond donors (Lipinski definition) is 1. The van der Waals surface area contributed by atoms with Crippen LogP contribution in [0.1, 0.15) is 17.2 Å². The van der Waals surface area contributed by atoms with E-state index in [9.17, 15) is 10.1 Å². The maximum absolute atomic E-state index is 11.2. The quantitative estimate of drug-likeness (QED) is 0.623. The van der Waals surface area contributed by atoms with Gasteiger partial charge in [-0.05, 0) is 14.0 Å². The average molecular weight is 235 g/mol. The second-order valence-electron chi connectivity index (χ2n) is 4.47. The van der Waals surface area contributed by atoms with E-state index in [4.69, 9.17) is 0 Å². The molecule has 5 nitrogen and oxygen atoms in total. The van der Waals surface area contributed by atoms with Crippen LogP contribution in [-0.4, -0.2) is 36.5 Å². The second kappa shape index (κ2) is 4.81. The smallest absolute Gasteiger partial charge is 0.277 e. The van der Waals surface area contributed by atoms with Crippen molar-refractivity contribution in [1.82, 2.24) is 10.2 Å². The number of benzene rings is 1. The van der Waals surface area contributed by atoms with Gasteiger partial charge >= 0.3 is 0 Å². The number of aryl methyl sites for hydroxylation is 1. The van der Waals surface area contributed by atoms with Crippen LogP contribution < -0.4 is 5.32 Å². The number of nitro groups is 1. The van der Waals surface area contributed by atoms with Crippen LogP contribution in [0.5, 0.6) is 0 Å². The SMILES string of the molecule is Cc1cccc(C2CNCCN2C)c1[N+](=O)[O-]. The van der Waals surface area contributed by atoms with E-state index in [0.717, 1.165) is 30.8 Å². The molecule has 0 spiro atoms. The monoisotopic (exact) mass is 235 g/mol. The van der Waals surface area contributed by atoms with Gasteiger partial charge in [0.25, 0.3) is 5.69 Å². The summed E-state index contributed by atoms with van der Waals surface area (Å²) < 4.78 is 0. The Hall–Kier alpha value is -1.46. The molecule has 1 aliphatic rings. The zero-order chi connectivity index (χ0) is 12.4. The van der Waals surface area contributed by atoms with E-state index in [-0.39, 0.29) is 16.7 Å². The molecule has 92 valence electrons. The summed E-state index contributed by atoms with van der Waals surface area (Å²) in [6.07, 6.45) is 0. The largest absolute Gasteiger partial charge is 0.314 e. The van der Waals surface area contributed by atoms with Crippen molar-refractivity contribution in [3.8, 4) is 0 Å². The first-order chi connectivity index (χ1) is 8.11. The van der Waals surface area contributed by atoms with Crippen molar-refractivity contribution in [2.24, 2.45) is 0 Å². The second-order valence-corrected chi connectivity index (χ2v) is 4.47. The van der Waals surface area contributed by atoms with E-state index in [1.165, 1.54) is 0 Å². The highest BCUT2D eigenvalue weighted by molar-refractivity contribution is 5.49. The van der Waals surface area contributed by atoms with E-state index in [1.54, 1.807) is 13.0 Å². The molecule has 17 heavy (non-hydrogen) atoms. The zero-order valence-electron chi connectivity index (χ0n) is 10.1. The molecule has 1 aliphatic heterocycles. The summed E-state index contributed by atoms with van der Waals surface area (Å²) in [5.74, 6) is 0. The van der Waals surface area contributed by atoms with Crippen LogP contribution in [0.15, 0.2) is 18.2 Å². The molecule has 2 rings (SSSR count). The predicted molar refractivity (Wildman–Crippen MR) is 66.1 cm³/mol. The standard InChI is InChI=1S/C12H17N3O2/c1-9-4-3-5-10(12(9)15(16)17)11-8-13-6-7-14(11)2/h3-5,11,13H,6-8H2,1-2H3. The first-order valence-electron chi connectivity index (χ1n) is 5.76. The first kappa shape index (κ1) is 12.0. The number of hydrogen-bond acceptors (Lipinski definition) is 4.